The summed E-state index contributed by atoms with van der Waals surface area (Å²) in [6, 6.07) is 7.58. The van der Waals surface area contributed by atoms with E-state index in [0.29, 0.717) is 12.1 Å². The van der Waals surface area contributed by atoms with Crippen molar-refractivity contribution in [2.75, 3.05) is 13.1 Å². The first-order chi connectivity index (χ1) is 10.6. The molecule has 0 spiro atoms. The lowest BCUT2D eigenvalue weighted by Gasteiger charge is -2.15. The zero-order valence-electron chi connectivity index (χ0n) is 13.4. The third kappa shape index (κ3) is 4.64. The highest BCUT2D eigenvalue weighted by Gasteiger charge is 2.08. The van der Waals surface area contributed by atoms with Crippen LogP contribution in [0.3, 0.4) is 0 Å². The van der Waals surface area contributed by atoms with Crippen LogP contribution < -0.4 is 5.32 Å². The molecule has 1 amide bonds. The predicted molar refractivity (Wildman–Crippen MR) is 91.1 cm³/mol. The van der Waals surface area contributed by atoms with Gasteiger partial charge in [0.2, 0.25) is 0 Å². The fraction of sp³-hybridized carbons (Fsp3) is 0.412. The molecule has 0 saturated carbocycles. The molecule has 0 radical (unpaired) electrons. The molecule has 1 aromatic heterocycles. The molecule has 0 aliphatic rings. The summed E-state index contributed by atoms with van der Waals surface area (Å²) in [5, 5.41) is 5.95. The van der Waals surface area contributed by atoms with Gasteiger partial charge in [-0.05, 0) is 32.1 Å². The lowest BCUT2D eigenvalue weighted by atomic mass is 10.1. The number of hydrogen-bond donors (Lipinski definition) is 1. The number of aryl methyl sites for hydroxylation is 1. The van der Waals surface area contributed by atoms with Crippen molar-refractivity contribution in [3.63, 3.8) is 0 Å². The maximum Gasteiger partial charge on any atom is 0.251 e. The van der Waals surface area contributed by atoms with Gasteiger partial charge in [-0.15, -0.1) is 11.3 Å². The summed E-state index contributed by atoms with van der Waals surface area (Å²) in [6.07, 6.45) is 0. The van der Waals surface area contributed by atoms with Crippen LogP contribution in [0.2, 0.25) is 0 Å². The molecule has 118 valence electrons. The highest BCUT2D eigenvalue weighted by atomic mass is 32.1. The molecule has 5 heteroatoms. The van der Waals surface area contributed by atoms with Crippen LogP contribution in [0.4, 0.5) is 0 Å². The molecule has 0 saturated heterocycles. The van der Waals surface area contributed by atoms with Crippen LogP contribution in [0.15, 0.2) is 29.6 Å². The van der Waals surface area contributed by atoms with E-state index in [1.807, 2.05) is 31.2 Å². The zero-order valence-corrected chi connectivity index (χ0v) is 14.2. The monoisotopic (exact) mass is 317 g/mol. The van der Waals surface area contributed by atoms with Crippen molar-refractivity contribution in [2.24, 2.45) is 0 Å². The van der Waals surface area contributed by atoms with E-state index in [9.17, 15) is 4.79 Å². The Bertz CT molecular complexity index is 603. The van der Waals surface area contributed by atoms with Crippen molar-refractivity contribution < 1.29 is 4.79 Å². The summed E-state index contributed by atoms with van der Waals surface area (Å²) in [5.74, 6) is -0.0551. The second-order valence-corrected chi connectivity index (χ2v) is 6.19. The second kappa shape index (κ2) is 8.06. The molecule has 0 atom stereocenters. The van der Waals surface area contributed by atoms with Crippen LogP contribution in [-0.4, -0.2) is 28.9 Å². The summed E-state index contributed by atoms with van der Waals surface area (Å²) in [4.78, 5) is 19.0. The second-order valence-electron chi connectivity index (χ2n) is 5.24. The van der Waals surface area contributed by atoms with Gasteiger partial charge in [0.1, 0.15) is 5.01 Å². The molecule has 4 nitrogen and oxygen atoms in total. The minimum Gasteiger partial charge on any atom is -0.346 e. The predicted octanol–water partition coefficient (Wildman–Crippen LogP) is 3.22. The fourth-order valence-corrected chi connectivity index (χ4v) is 2.87. The Labute approximate surface area is 136 Å². The number of rotatable bonds is 7. The molecule has 1 aromatic carbocycles. The van der Waals surface area contributed by atoms with Crippen LogP contribution in [-0.2, 0) is 13.1 Å². The topological polar surface area (TPSA) is 45.2 Å². The van der Waals surface area contributed by atoms with Crippen LogP contribution in [0.1, 0.15) is 40.5 Å². The number of amides is 1. The first-order valence-electron chi connectivity index (χ1n) is 7.62. The van der Waals surface area contributed by atoms with Crippen LogP contribution >= 0.6 is 11.3 Å². The molecular formula is C17H23N3OS. The third-order valence-corrected chi connectivity index (χ3v) is 4.49. The molecule has 2 aromatic rings. The smallest absolute Gasteiger partial charge is 0.251 e. The van der Waals surface area contributed by atoms with Crippen LogP contribution in [0, 0.1) is 6.92 Å². The van der Waals surface area contributed by atoms with E-state index >= 15 is 0 Å². The minimum absolute atomic E-state index is 0.0551. The maximum absolute atomic E-state index is 12.1. The molecular weight excluding hydrogens is 294 g/mol. The van der Waals surface area contributed by atoms with Gasteiger partial charge in [0.15, 0.2) is 0 Å². The van der Waals surface area contributed by atoms with Gasteiger partial charge in [-0.25, -0.2) is 4.98 Å². The van der Waals surface area contributed by atoms with Crippen molar-refractivity contribution in [3.05, 3.63) is 51.5 Å². The van der Waals surface area contributed by atoms with E-state index < -0.39 is 0 Å². The van der Waals surface area contributed by atoms with Crippen molar-refractivity contribution >= 4 is 17.2 Å². The fourth-order valence-electron chi connectivity index (χ4n) is 2.14. The molecule has 22 heavy (non-hydrogen) atoms. The zero-order chi connectivity index (χ0) is 15.9. The lowest BCUT2D eigenvalue weighted by molar-refractivity contribution is 0.0951. The molecule has 0 fully saturated rings. The van der Waals surface area contributed by atoms with E-state index in [0.717, 1.165) is 35.9 Å². The summed E-state index contributed by atoms with van der Waals surface area (Å²) in [6.45, 7) is 9.71. The Hall–Kier alpha value is -1.72. The summed E-state index contributed by atoms with van der Waals surface area (Å²) < 4.78 is 0. The average molecular weight is 317 g/mol. The number of carbonyl (C=O) groups excluding carboxylic acids is 1. The SMILES string of the molecule is CCN(CC)Cc1csc(CNC(=O)c2ccc(C)cc2)n1. The minimum atomic E-state index is -0.0551. The molecule has 0 bridgehead atoms. The highest BCUT2D eigenvalue weighted by molar-refractivity contribution is 7.09. The van der Waals surface area contributed by atoms with E-state index in [4.69, 9.17) is 0 Å². The third-order valence-electron chi connectivity index (χ3n) is 3.59. The summed E-state index contributed by atoms with van der Waals surface area (Å²) >= 11 is 1.60. The van der Waals surface area contributed by atoms with Crippen LogP contribution in [0.25, 0.3) is 0 Å². The number of nitrogens with zero attached hydrogens (tertiary/aromatic N) is 2. The van der Waals surface area contributed by atoms with Gasteiger partial charge in [-0.1, -0.05) is 31.5 Å². The Morgan fingerprint density at radius 3 is 2.55 bits per heavy atom. The summed E-state index contributed by atoms with van der Waals surface area (Å²) in [5.41, 5.74) is 2.91. The Kier molecular flexibility index (Phi) is 6.10. The van der Waals surface area contributed by atoms with Gasteiger partial charge in [0.25, 0.3) is 5.91 Å². The quantitative estimate of drug-likeness (QED) is 0.853. The molecule has 2 rings (SSSR count). The number of hydrogen-bond acceptors (Lipinski definition) is 4. The first-order valence-corrected chi connectivity index (χ1v) is 8.50. The van der Waals surface area contributed by atoms with E-state index in [1.165, 1.54) is 0 Å². The number of thiazole rings is 1. The van der Waals surface area contributed by atoms with E-state index in [1.54, 1.807) is 11.3 Å². The van der Waals surface area contributed by atoms with E-state index in [2.05, 4.69) is 34.4 Å². The number of nitrogens with one attached hydrogen (secondary N) is 1. The normalized spacial score (nSPS) is 10.9. The van der Waals surface area contributed by atoms with Crippen molar-refractivity contribution in [1.29, 1.82) is 0 Å². The maximum atomic E-state index is 12.1. The lowest BCUT2D eigenvalue weighted by Crippen LogP contribution is -2.23. The Balaban J connectivity index is 1.88. The molecule has 0 aliphatic heterocycles. The van der Waals surface area contributed by atoms with Gasteiger partial charge in [0, 0.05) is 17.5 Å². The van der Waals surface area contributed by atoms with Crippen molar-refractivity contribution in [3.8, 4) is 0 Å². The molecule has 0 unspecified atom stereocenters. The standard InChI is InChI=1S/C17H23N3OS/c1-4-20(5-2)11-15-12-22-16(19-15)10-18-17(21)14-8-6-13(3)7-9-14/h6-9,12H,4-5,10-11H2,1-3H3,(H,18,21). The van der Waals surface area contributed by atoms with Crippen molar-refractivity contribution in [2.45, 2.75) is 33.9 Å². The largest absolute Gasteiger partial charge is 0.346 e. The summed E-state index contributed by atoms with van der Waals surface area (Å²) in [7, 11) is 0. The number of benzene rings is 1. The van der Waals surface area contributed by atoms with Gasteiger partial charge in [-0.3, -0.25) is 9.69 Å². The number of aromatic nitrogens is 1. The van der Waals surface area contributed by atoms with Gasteiger partial charge in [0.05, 0.1) is 12.2 Å². The number of carbonyl (C=O) groups is 1. The molecule has 1 heterocycles. The Morgan fingerprint density at radius 2 is 1.91 bits per heavy atom. The first kappa shape index (κ1) is 16.6. The highest BCUT2D eigenvalue weighted by Crippen LogP contribution is 2.12. The van der Waals surface area contributed by atoms with E-state index in [-0.39, 0.29) is 5.91 Å². The van der Waals surface area contributed by atoms with Gasteiger partial charge >= 0.3 is 0 Å². The van der Waals surface area contributed by atoms with Crippen LogP contribution in [0.5, 0.6) is 0 Å². The van der Waals surface area contributed by atoms with Crippen molar-refractivity contribution in [1.82, 2.24) is 15.2 Å². The molecule has 1 N–H and O–H groups in total. The Morgan fingerprint density at radius 1 is 1.23 bits per heavy atom. The average Bonchev–Trinajstić information content (AvgIpc) is 2.98. The molecule has 0 aliphatic carbocycles. The van der Waals surface area contributed by atoms with Gasteiger partial charge < -0.3 is 5.32 Å². The van der Waals surface area contributed by atoms with Gasteiger partial charge in [-0.2, -0.15) is 0 Å².